The number of nitrogens with zero attached hydrogens (tertiary/aromatic N) is 1. The molecule has 1 aromatic heterocycles. The number of hydrogen-bond donors (Lipinski definition) is 1. The molecule has 1 N–H and O–H groups in total. The zero-order valence-electron chi connectivity index (χ0n) is 14.8. The lowest BCUT2D eigenvalue weighted by Gasteiger charge is -2.39. The molecule has 1 aliphatic carbocycles. The molecule has 2 heterocycles. The van der Waals surface area contributed by atoms with Crippen molar-refractivity contribution < 1.29 is 13.2 Å². The van der Waals surface area contributed by atoms with Crippen LogP contribution in [0.4, 0.5) is 0 Å². The van der Waals surface area contributed by atoms with Crippen LogP contribution in [0, 0.1) is 25.7 Å². The van der Waals surface area contributed by atoms with E-state index in [4.69, 9.17) is 0 Å². The molecule has 7 heteroatoms. The van der Waals surface area contributed by atoms with Crippen LogP contribution in [-0.4, -0.2) is 37.8 Å². The highest BCUT2D eigenvalue weighted by molar-refractivity contribution is 7.89. The third kappa shape index (κ3) is 3.08. The number of nitrogens with one attached hydrogen (secondary N) is 1. The highest BCUT2D eigenvalue weighted by Gasteiger charge is 2.50. The van der Waals surface area contributed by atoms with E-state index in [0.29, 0.717) is 29.5 Å². The maximum Gasteiger partial charge on any atom is 0.252 e. The number of thiophene rings is 1. The summed E-state index contributed by atoms with van der Waals surface area (Å²) < 4.78 is 27.3. The summed E-state index contributed by atoms with van der Waals surface area (Å²) in [6, 6.07) is 8.93. The first-order valence-corrected chi connectivity index (χ1v) is 11.1. The van der Waals surface area contributed by atoms with Crippen LogP contribution in [0.3, 0.4) is 0 Å². The molecule has 0 bridgehead atoms. The van der Waals surface area contributed by atoms with E-state index in [2.05, 4.69) is 5.32 Å². The molecule has 1 aromatic carbocycles. The molecule has 0 spiro atoms. The van der Waals surface area contributed by atoms with Gasteiger partial charge in [-0.05, 0) is 50.3 Å². The first-order chi connectivity index (χ1) is 12.3. The van der Waals surface area contributed by atoms with Crippen LogP contribution in [0.5, 0.6) is 0 Å². The fourth-order valence-electron chi connectivity index (χ4n) is 3.90. The molecule has 1 aliphatic heterocycles. The predicted octanol–water partition coefficient (Wildman–Crippen LogP) is 2.80. The van der Waals surface area contributed by atoms with Crippen LogP contribution in [0.15, 0.2) is 40.6 Å². The van der Waals surface area contributed by atoms with E-state index in [1.807, 2.05) is 37.4 Å². The molecule has 0 radical (unpaired) electrons. The molecular weight excluding hydrogens is 368 g/mol. The average molecular weight is 391 g/mol. The maximum absolute atomic E-state index is 12.9. The Balaban J connectivity index is 1.42. The normalized spacial score (nSPS) is 25.5. The molecule has 0 unspecified atom stereocenters. The molecule has 1 amide bonds. The molecule has 2 aromatic rings. The number of carbonyl (C=O) groups is 1. The van der Waals surface area contributed by atoms with E-state index in [9.17, 15) is 13.2 Å². The molecule has 26 heavy (non-hydrogen) atoms. The maximum atomic E-state index is 12.9. The number of carbonyl (C=O) groups excluding carboxylic acids is 1. The van der Waals surface area contributed by atoms with Crippen molar-refractivity contribution in [3.05, 3.63) is 51.7 Å². The molecule has 138 valence electrons. The van der Waals surface area contributed by atoms with Gasteiger partial charge in [-0.3, -0.25) is 4.79 Å². The second kappa shape index (κ2) is 6.48. The van der Waals surface area contributed by atoms with E-state index in [0.717, 1.165) is 16.9 Å². The summed E-state index contributed by atoms with van der Waals surface area (Å²) >= 11 is 1.56. The fourth-order valence-corrected chi connectivity index (χ4v) is 6.12. The molecule has 2 aliphatic rings. The Morgan fingerprint density at radius 1 is 1.19 bits per heavy atom. The lowest BCUT2D eigenvalue weighted by atomic mass is 9.71. The summed E-state index contributed by atoms with van der Waals surface area (Å²) in [6.45, 7) is 4.94. The van der Waals surface area contributed by atoms with Crippen LogP contribution in [0.25, 0.3) is 0 Å². The SMILES string of the molecule is Cc1ccc(S(=O)(=O)N2C[C@H]3C[C@H](NC(=O)c4csc(C)c4)[C@H]3C2)cc1. The molecular formula is C19H22N2O3S2. The first-order valence-electron chi connectivity index (χ1n) is 8.77. The van der Waals surface area contributed by atoms with E-state index in [1.165, 1.54) is 0 Å². The second-order valence-electron chi connectivity index (χ2n) is 7.32. The van der Waals surface area contributed by atoms with Crippen molar-refractivity contribution in [2.24, 2.45) is 11.8 Å². The molecule has 1 saturated carbocycles. The minimum Gasteiger partial charge on any atom is -0.349 e. The Bertz CT molecular complexity index is 934. The molecule has 3 atom stereocenters. The third-order valence-electron chi connectivity index (χ3n) is 5.50. The van der Waals surface area contributed by atoms with Gasteiger partial charge in [-0.25, -0.2) is 8.42 Å². The average Bonchev–Trinajstić information content (AvgIpc) is 3.17. The number of aryl methyl sites for hydroxylation is 2. The molecule has 5 nitrogen and oxygen atoms in total. The summed E-state index contributed by atoms with van der Waals surface area (Å²) in [4.78, 5) is 13.8. The predicted molar refractivity (Wildman–Crippen MR) is 102 cm³/mol. The number of fused-ring (bicyclic) bond motifs is 1. The quantitative estimate of drug-likeness (QED) is 0.873. The van der Waals surface area contributed by atoms with E-state index in [1.54, 1.807) is 27.8 Å². The van der Waals surface area contributed by atoms with Crippen molar-refractivity contribution >= 4 is 27.3 Å². The molecule has 1 saturated heterocycles. The smallest absolute Gasteiger partial charge is 0.252 e. The minimum absolute atomic E-state index is 0.0577. The van der Waals surface area contributed by atoms with Gasteiger partial charge in [-0.2, -0.15) is 4.31 Å². The highest BCUT2D eigenvalue weighted by Crippen LogP contribution is 2.42. The Morgan fingerprint density at radius 3 is 2.58 bits per heavy atom. The largest absolute Gasteiger partial charge is 0.349 e. The van der Waals surface area contributed by atoms with Gasteiger partial charge in [0.15, 0.2) is 0 Å². The number of rotatable bonds is 4. The van der Waals surface area contributed by atoms with Crippen molar-refractivity contribution in [3.63, 3.8) is 0 Å². The lowest BCUT2D eigenvalue weighted by molar-refractivity contribution is 0.0833. The fraction of sp³-hybridized carbons (Fsp3) is 0.421. The van der Waals surface area contributed by atoms with Gasteiger partial charge < -0.3 is 5.32 Å². The minimum atomic E-state index is -3.46. The Morgan fingerprint density at radius 2 is 1.92 bits per heavy atom. The van der Waals surface area contributed by atoms with E-state index >= 15 is 0 Å². The summed E-state index contributed by atoms with van der Waals surface area (Å²) in [5, 5.41) is 4.95. The van der Waals surface area contributed by atoms with Gasteiger partial charge in [0.2, 0.25) is 10.0 Å². The topological polar surface area (TPSA) is 66.5 Å². The van der Waals surface area contributed by atoms with Gasteiger partial charge in [0.1, 0.15) is 0 Å². The van der Waals surface area contributed by atoms with Crippen LogP contribution >= 0.6 is 11.3 Å². The zero-order valence-corrected chi connectivity index (χ0v) is 16.4. The number of sulfonamides is 1. The van der Waals surface area contributed by atoms with Gasteiger partial charge in [0.05, 0.1) is 10.5 Å². The highest BCUT2D eigenvalue weighted by atomic mass is 32.2. The lowest BCUT2D eigenvalue weighted by Crippen LogP contribution is -2.51. The number of hydrogen-bond acceptors (Lipinski definition) is 4. The van der Waals surface area contributed by atoms with Crippen molar-refractivity contribution in [3.8, 4) is 0 Å². The monoisotopic (exact) mass is 390 g/mol. The van der Waals surface area contributed by atoms with Gasteiger partial charge >= 0.3 is 0 Å². The summed E-state index contributed by atoms with van der Waals surface area (Å²) in [5.74, 6) is 0.487. The van der Waals surface area contributed by atoms with Gasteiger partial charge in [0.25, 0.3) is 5.91 Å². The first kappa shape index (κ1) is 17.7. The number of amides is 1. The van der Waals surface area contributed by atoms with Crippen LogP contribution in [0.2, 0.25) is 0 Å². The summed E-state index contributed by atoms with van der Waals surface area (Å²) in [6.07, 6.45) is 0.847. The third-order valence-corrected chi connectivity index (χ3v) is 8.21. The van der Waals surface area contributed by atoms with Crippen molar-refractivity contribution in [1.82, 2.24) is 9.62 Å². The van der Waals surface area contributed by atoms with Gasteiger partial charge in [-0.15, -0.1) is 11.3 Å². The molecule has 4 rings (SSSR count). The van der Waals surface area contributed by atoms with Crippen LogP contribution in [0.1, 0.15) is 27.2 Å². The van der Waals surface area contributed by atoms with Crippen molar-refractivity contribution in [1.29, 1.82) is 0 Å². The van der Waals surface area contributed by atoms with E-state index < -0.39 is 10.0 Å². The Labute approximate surface area is 158 Å². The summed E-state index contributed by atoms with van der Waals surface area (Å²) in [7, 11) is -3.46. The van der Waals surface area contributed by atoms with Crippen molar-refractivity contribution in [2.75, 3.05) is 13.1 Å². The second-order valence-corrected chi connectivity index (χ2v) is 10.4. The Kier molecular flexibility index (Phi) is 4.41. The van der Waals surface area contributed by atoms with Gasteiger partial charge in [0, 0.05) is 29.4 Å². The zero-order chi connectivity index (χ0) is 18.5. The van der Waals surface area contributed by atoms with E-state index in [-0.39, 0.29) is 17.9 Å². The van der Waals surface area contributed by atoms with Crippen LogP contribution < -0.4 is 5.32 Å². The van der Waals surface area contributed by atoms with Crippen molar-refractivity contribution in [2.45, 2.75) is 31.2 Å². The van der Waals surface area contributed by atoms with Gasteiger partial charge in [-0.1, -0.05) is 17.7 Å². The standard InChI is InChI=1S/C19H22N2O3S2/c1-12-3-5-16(6-4-12)26(23,24)21-9-14-8-18(17(14)10-21)20-19(22)15-7-13(2)25-11-15/h3-7,11,14,17-18H,8-10H2,1-2H3,(H,20,22)/t14-,17+,18+/m1/s1. The number of benzene rings is 1. The Hall–Kier alpha value is -1.70. The molecule has 2 fully saturated rings. The van der Waals surface area contributed by atoms with Crippen LogP contribution in [-0.2, 0) is 10.0 Å². The summed E-state index contributed by atoms with van der Waals surface area (Å²) in [5.41, 5.74) is 1.73.